The van der Waals surface area contributed by atoms with E-state index in [1.54, 1.807) is 13.8 Å². The minimum absolute atomic E-state index is 0.0318. The lowest BCUT2D eigenvalue weighted by Crippen LogP contribution is -2.57. The number of aliphatic carboxylic acids is 2. The minimum atomic E-state index is -1.48. The van der Waals surface area contributed by atoms with Crippen LogP contribution in [0.3, 0.4) is 0 Å². The Bertz CT molecular complexity index is 859. The Labute approximate surface area is 214 Å². The van der Waals surface area contributed by atoms with Crippen LogP contribution in [0.2, 0.25) is 0 Å². The molecule has 0 spiro atoms. The predicted molar refractivity (Wildman–Crippen MR) is 132 cm³/mol. The average Bonchev–Trinajstić information content (AvgIpc) is 2.78. The van der Waals surface area contributed by atoms with Gasteiger partial charge < -0.3 is 48.7 Å². The highest BCUT2D eigenvalue weighted by molar-refractivity contribution is 5.96. The van der Waals surface area contributed by atoms with Gasteiger partial charge in [0.25, 0.3) is 0 Å². The molecular formula is C21H38N8O8. The maximum atomic E-state index is 12.9. The molecule has 12 N–H and O–H groups in total. The van der Waals surface area contributed by atoms with Gasteiger partial charge in [-0.3, -0.25) is 29.0 Å². The Morgan fingerprint density at radius 2 is 1.38 bits per heavy atom. The number of hydrogen-bond acceptors (Lipinski definition) is 8. The molecule has 4 amide bonds. The Hall–Kier alpha value is -3.95. The van der Waals surface area contributed by atoms with Crippen molar-refractivity contribution < 1.29 is 39.0 Å². The topological polar surface area (TPSA) is 281 Å². The third-order valence-corrected chi connectivity index (χ3v) is 4.87. The van der Waals surface area contributed by atoms with Gasteiger partial charge in [-0.25, -0.2) is 4.79 Å². The highest BCUT2D eigenvalue weighted by Crippen LogP contribution is 2.07. The monoisotopic (exact) mass is 530 g/mol. The molecule has 0 heterocycles. The maximum absolute atomic E-state index is 12.9. The lowest BCUT2D eigenvalue weighted by atomic mass is 10.0. The van der Waals surface area contributed by atoms with Crippen LogP contribution in [0, 0.1) is 5.92 Å². The van der Waals surface area contributed by atoms with E-state index >= 15 is 0 Å². The number of nitrogens with two attached hydrogens (primary N) is 3. The van der Waals surface area contributed by atoms with Gasteiger partial charge in [-0.05, 0) is 32.1 Å². The number of aliphatic imine (C=N–C) groups is 1. The van der Waals surface area contributed by atoms with Crippen molar-refractivity contribution in [1.29, 1.82) is 0 Å². The molecule has 16 nitrogen and oxygen atoms in total. The van der Waals surface area contributed by atoms with Crippen LogP contribution in [-0.2, 0) is 28.8 Å². The molecule has 210 valence electrons. The molecule has 0 aliphatic carbocycles. The Balaban J connectivity index is 5.31. The quantitative estimate of drug-likeness (QED) is 0.0506. The Morgan fingerprint density at radius 1 is 0.811 bits per heavy atom. The summed E-state index contributed by atoms with van der Waals surface area (Å²) in [5, 5.41) is 27.7. The molecule has 0 unspecified atom stereocenters. The van der Waals surface area contributed by atoms with E-state index in [0.29, 0.717) is 0 Å². The third-order valence-electron chi connectivity index (χ3n) is 4.87. The second-order valence-electron chi connectivity index (χ2n) is 8.69. The first-order valence-electron chi connectivity index (χ1n) is 11.6. The number of carbonyl (C=O) groups excluding carboxylic acids is 4. The molecule has 0 aromatic rings. The van der Waals surface area contributed by atoms with Crippen LogP contribution in [0.5, 0.6) is 0 Å². The van der Waals surface area contributed by atoms with Crippen LogP contribution in [0.25, 0.3) is 0 Å². The summed E-state index contributed by atoms with van der Waals surface area (Å²) < 4.78 is 0. The summed E-state index contributed by atoms with van der Waals surface area (Å²) in [7, 11) is 0. The minimum Gasteiger partial charge on any atom is -0.481 e. The highest BCUT2D eigenvalue weighted by atomic mass is 16.4. The van der Waals surface area contributed by atoms with Crippen LogP contribution >= 0.6 is 0 Å². The fourth-order valence-corrected chi connectivity index (χ4v) is 3.05. The first-order chi connectivity index (χ1) is 17.2. The number of rotatable bonds is 17. The van der Waals surface area contributed by atoms with Gasteiger partial charge in [0.05, 0.1) is 13.0 Å². The fourth-order valence-electron chi connectivity index (χ4n) is 3.05. The number of nitrogens with one attached hydrogen (secondary N) is 4. The van der Waals surface area contributed by atoms with Crippen LogP contribution < -0.4 is 38.5 Å². The molecule has 0 aliphatic rings. The van der Waals surface area contributed by atoms with Crippen molar-refractivity contribution in [3.8, 4) is 0 Å². The number of guanidine groups is 1. The standard InChI is InChI=1S/C21H38N8O8/c1-10(2)7-13(29-19(35)14(8-16(31)32)27-15(30)9-22)18(34)26-11(3)17(33)28-12(20(36)37)5-4-6-25-21(23)24/h10-14H,4-9,22H2,1-3H3,(H,26,34)(H,27,30)(H,28,33)(H,29,35)(H,31,32)(H,36,37)(H4,23,24,25)/t11-,12-,13-,14-/m0/s1. The van der Waals surface area contributed by atoms with Gasteiger partial charge in [0.15, 0.2) is 5.96 Å². The van der Waals surface area contributed by atoms with Gasteiger partial charge in [-0.1, -0.05) is 13.8 Å². The summed E-state index contributed by atoms with van der Waals surface area (Å²) in [5.41, 5.74) is 15.6. The number of carboxylic acids is 2. The van der Waals surface area contributed by atoms with Gasteiger partial charge in [-0.2, -0.15) is 0 Å². The zero-order valence-corrected chi connectivity index (χ0v) is 21.2. The molecule has 0 rings (SSSR count). The van der Waals surface area contributed by atoms with Crippen LogP contribution in [0.4, 0.5) is 0 Å². The van der Waals surface area contributed by atoms with E-state index in [9.17, 15) is 33.9 Å². The summed E-state index contributed by atoms with van der Waals surface area (Å²) in [5.74, 6) is -6.12. The molecule has 16 heteroatoms. The van der Waals surface area contributed by atoms with Crippen molar-refractivity contribution in [3.63, 3.8) is 0 Å². The zero-order valence-electron chi connectivity index (χ0n) is 21.2. The van der Waals surface area contributed by atoms with Gasteiger partial charge >= 0.3 is 11.9 Å². The van der Waals surface area contributed by atoms with E-state index in [1.807, 2.05) is 0 Å². The van der Waals surface area contributed by atoms with E-state index < -0.39 is 72.7 Å². The molecule has 0 saturated carbocycles. The van der Waals surface area contributed by atoms with E-state index in [2.05, 4.69) is 26.3 Å². The van der Waals surface area contributed by atoms with E-state index in [-0.39, 0.29) is 37.7 Å². The van der Waals surface area contributed by atoms with E-state index in [4.69, 9.17) is 22.3 Å². The SMILES string of the molecule is CC(C)C[C@H](NC(=O)[C@H](CC(=O)O)NC(=O)CN)C(=O)N[C@@H](C)C(=O)N[C@@H](CCCN=C(N)N)C(=O)O. The van der Waals surface area contributed by atoms with Crippen molar-refractivity contribution >= 4 is 41.5 Å². The van der Waals surface area contributed by atoms with Crippen molar-refractivity contribution in [3.05, 3.63) is 0 Å². The highest BCUT2D eigenvalue weighted by Gasteiger charge is 2.30. The third kappa shape index (κ3) is 14.3. The molecule has 0 aromatic carbocycles. The predicted octanol–water partition coefficient (Wildman–Crippen LogP) is -3.44. The second-order valence-corrected chi connectivity index (χ2v) is 8.69. The maximum Gasteiger partial charge on any atom is 0.326 e. The smallest absolute Gasteiger partial charge is 0.326 e. The summed E-state index contributed by atoms with van der Waals surface area (Å²) in [6.07, 6.45) is -0.314. The number of nitrogens with zero attached hydrogens (tertiary/aromatic N) is 1. The lowest BCUT2D eigenvalue weighted by Gasteiger charge is -2.25. The molecule has 4 atom stereocenters. The molecule has 37 heavy (non-hydrogen) atoms. The normalized spacial score (nSPS) is 13.9. The molecule has 0 fully saturated rings. The summed E-state index contributed by atoms with van der Waals surface area (Å²) in [6.45, 7) is 4.56. The van der Waals surface area contributed by atoms with Crippen molar-refractivity contribution in [2.75, 3.05) is 13.1 Å². The first-order valence-corrected chi connectivity index (χ1v) is 11.6. The lowest BCUT2D eigenvalue weighted by molar-refractivity contribution is -0.142. The zero-order chi connectivity index (χ0) is 28.7. The number of amides is 4. The average molecular weight is 531 g/mol. The molecule has 0 aromatic heterocycles. The van der Waals surface area contributed by atoms with Gasteiger partial charge in [0.1, 0.15) is 24.2 Å². The van der Waals surface area contributed by atoms with Gasteiger partial charge in [0.2, 0.25) is 23.6 Å². The molecule has 0 radical (unpaired) electrons. The molecule has 0 bridgehead atoms. The van der Waals surface area contributed by atoms with E-state index in [1.165, 1.54) is 6.92 Å². The first kappa shape index (κ1) is 33.0. The van der Waals surface area contributed by atoms with Crippen LogP contribution in [0.1, 0.15) is 46.5 Å². The number of carbonyl (C=O) groups is 6. The van der Waals surface area contributed by atoms with Gasteiger partial charge in [-0.15, -0.1) is 0 Å². The fraction of sp³-hybridized carbons (Fsp3) is 0.667. The largest absolute Gasteiger partial charge is 0.481 e. The summed E-state index contributed by atoms with van der Waals surface area (Å²) in [6, 6.07) is -5.09. The summed E-state index contributed by atoms with van der Waals surface area (Å²) in [4.78, 5) is 75.9. The second kappa shape index (κ2) is 16.7. The summed E-state index contributed by atoms with van der Waals surface area (Å²) >= 11 is 0. The van der Waals surface area contributed by atoms with Crippen molar-refractivity contribution in [2.45, 2.75) is 70.6 Å². The van der Waals surface area contributed by atoms with Crippen molar-refractivity contribution in [2.24, 2.45) is 28.1 Å². The molecule has 0 aliphatic heterocycles. The van der Waals surface area contributed by atoms with Crippen LogP contribution in [-0.4, -0.2) is 89.0 Å². The molecule has 0 saturated heterocycles. The Morgan fingerprint density at radius 3 is 1.86 bits per heavy atom. The number of hydrogen-bond donors (Lipinski definition) is 9. The number of carboxylic acid groups (broad SMARTS) is 2. The Kier molecular flexibility index (Phi) is 14.9. The van der Waals surface area contributed by atoms with Crippen LogP contribution in [0.15, 0.2) is 4.99 Å². The van der Waals surface area contributed by atoms with E-state index in [0.717, 1.165) is 0 Å². The molecular weight excluding hydrogens is 492 g/mol. The van der Waals surface area contributed by atoms with Crippen molar-refractivity contribution in [1.82, 2.24) is 21.3 Å². The van der Waals surface area contributed by atoms with Gasteiger partial charge in [0, 0.05) is 6.54 Å².